The van der Waals surface area contributed by atoms with Gasteiger partial charge in [0, 0.05) is 0 Å². The zero-order chi connectivity index (χ0) is 11.3. The maximum absolute atomic E-state index is 2.36. The molecular weight excluding hydrogens is 180 g/mol. The Hall–Kier alpha value is -0.520. The van der Waals surface area contributed by atoms with Gasteiger partial charge in [0.2, 0.25) is 0 Å². The van der Waals surface area contributed by atoms with Gasteiger partial charge in [-0.3, -0.25) is 0 Å². The van der Waals surface area contributed by atoms with Crippen LogP contribution in [-0.4, -0.2) is 0 Å². The molecule has 0 atom stereocenters. The molecule has 0 aromatic rings. The molecule has 0 N–H and O–H groups in total. The van der Waals surface area contributed by atoms with Gasteiger partial charge in [0.1, 0.15) is 0 Å². The van der Waals surface area contributed by atoms with Gasteiger partial charge in [-0.1, -0.05) is 45.4 Å². The van der Waals surface area contributed by atoms with E-state index in [4.69, 9.17) is 0 Å². The molecular formula is C15H26. The van der Waals surface area contributed by atoms with Crippen LogP contribution in [-0.2, 0) is 0 Å². The Morgan fingerprint density at radius 3 is 2.20 bits per heavy atom. The molecule has 0 aliphatic heterocycles. The van der Waals surface area contributed by atoms with Crippen LogP contribution in [0.25, 0.3) is 0 Å². The van der Waals surface area contributed by atoms with E-state index in [1.807, 2.05) is 0 Å². The average Bonchev–Trinajstić information content (AvgIpc) is 2.58. The minimum absolute atomic E-state index is 0.831. The molecule has 1 aliphatic carbocycles. The Labute approximate surface area is 95.5 Å². The number of rotatable bonds is 6. The molecule has 0 spiro atoms. The van der Waals surface area contributed by atoms with E-state index in [9.17, 15) is 0 Å². The second kappa shape index (κ2) is 6.15. The van der Waals surface area contributed by atoms with Crippen LogP contribution in [0.15, 0.2) is 23.3 Å². The van der Waals surface area contributed by atoms with Crippen LogP contribution in [0, 0.1) is 11.8 Å². The predicted octanol–water partition coefficient (Wildman–Crippen LogP) is 5.12. The van der Waals surface area contributed by atoms with Gasteiger partial charge in [-0.25, -0.2) is 0 Å². The van der Waals surface area contributed by atoms with Gasteiger partial charge >= 0.3 is 0 Å². The van der Waals surface area contributed by atoms with E-state index in [-0.39, 0.29) is 0 Å². The van der Waals surface area contributed by atoms with Crippen molar-refractivity contribution in [3.8, 4) is 0 Å². The molecule has 0 aromatic heterocycles. The molecule has 0 fully saturated rings. The molecule has 0 radical (unpaired) electrons. The fraction of sp³-hybridized carbons (Fsp3) is 0.733. The summed E-state index contributed by atoms with van der Waals surface area (Å²) >= 11 is 0. The Bertz CT molecular complexity index is 241. The smallest absolute Gasteiger partial charge is 0.0130 e. The van der Waals surface area contributed by atoms with Crippen molar-refractivity contribution in [2.24, 2.45) is 11.8 Å². The zero-order valence-corrected chi connectivity index (χ0v) is 10.8. The summed E-state index contributed by atoms with van der Waals surface area (Å²) in [5.41, 5.74) is 3.36. The molecule has 0 heteroatoms. The van der Waals surface area contributed by atoms with E-state index in [1.54, 1.807) is 11.1 Å². The molecule has 0 bridgehead atoms. The molecule has 0 amide bonds. The van der Waals surface area contributed by atoms with Gasteiger partial charge < -0.3 is 0 Å². The van der Waals surface area contributed by atoms with Crippen LogP contribution in [0.2, 0.25) is 0 Å². The van der Waals surface area contributed by atoms with Crippen LogP contribution < -0.4 is 0 Å². The highest BCUT2D eigenvalue weighted by molar-refractivity contribution is 5.33. The summed E-state index contributed by atoms with van der Waals surface area (Å²) in [6.07, 6.45) is 11.2. The van der Waals surface area contributed by atoms with Crippen molar-refractivity contribution in [3.63, 3.8) is 0 Å². The lowest BCUT2D eigenvalue weighted by atomic mass is 9.96. The van der Waals surface area contributed by atoms with Crippen molar-refractivity contribution >= 4 is 0 Å². The molecule has 0 heterocycles. The monoisotopic (exact) mass is 206 g/mol. The van der Waals surface area contributed by atoms with Crippen LogP contribution in [0.4, 0.5) is 0 Å². The molecule has 1 rings (SSSR count). The lowest BCUT2D eigenvalue weighted by Crippen LogP contribution is -1.93. The average molecular weight is 206 g/mol. The van der Waals surface area contributed by atoms with E-state index >= 15 is 0 Å². The first-order valence-corrected chi connectivity index (χ1v) is 6.47. The molecule has 86 valence electrons. The molecule has 0 nitrogen and oxygen atoms in total. The van der Waals surface area contributed by atoms with Crippen LogP contribution >= 0.6 is 0 Å². The van der Waals surface area contributed by atoms with E-state index in [1.165, 1.54) is 32.1 Å². The van der Waals surface area contributed by atoms with Crippen molar-refractivity contribution in [1.29, 1.82) is 0 Å². The van der Waals surface area contributed by atoms with Gasteiger partial charge in [0.05, 0.1) is 0 Å². The van der Waals surface area contributed by atoms with Gasteiger partial charge in [0.15, 0.2) is 0 Å². The summed E-state index contributed by atoms with van der Waals surface area (Å²) in [7, 11) is 0. The predicted molar refractivity (Wildman–Crippen MR) is 68.9 cm³/mol. The number of allylic oxidation sites excluding steroid dienone is 4. The first-order chi connectivity index (χ1) is 7.09. The Balaban J connectivity index is 2.42. The fourth-order valence-electron chi connectivity index (χ4n) is 2.02. The Morgan fingerprint density at radius 2 is 1.60 bits per heavy atom. The molecule has 15 heavy (non-hydrogen) atoms. The standard InChI is InChI=1S/C15H26/c1-12(2)8-10-14-6-5-7-15(14)11-9-13(3)4/h5-6,12-13H,7-11H2,1-4H3. The van der Waals surface area contributed by atoms with Gasteiger partial charge in [-0.2, -0.15) is 0 Å². The lowest BCUT2D eigenvalue weighted by Gasteiger charge is -2.10. The van der Waals surface area contributed by atoms with Crippen molar-refractivity contribution < 1.29 is 0 Å². The minimum Gasteiger partial charge on any atom is -0.0802 e. The summed E-state index contributed by atoms with van der Waals surface area (Å²) in [5, 5.41) is 0. The molecule has 0 unspecified atom stereocenters. The SMILES string of the molecule is CC(C)CCC1=C(CCC(C)C)CC=C1. The largest absolute Gasteiger partial charge is 0.0802 e. The van der Waals surface area contributed by atoms with E-state index in [2.05, 4.69) is 39.8 Å². The van der Waals surface area contributed by atoms with E-state index in [0.717, 1.165) is 11.8 Å². The van der Waals surface area contributed by atoms with Crippen molar-refractivity contribution in [2.45, 2.75) is 59.8 Å². The second-order valence-corrected chi connectivity index (χ2v) is 5.60. The Kier molecular flexibility index (Phi) is 5.14. The highest BCUT2D eigenvalue weighted by Crippen LogP contribution is 2.28. The fourth-order valence-corrected chi connectivity index (χ4v) is 2.02. The quantitative estimate of drug-likeness (QED) is 0.566. The Morgan fingerprint density at radius 1 is 1.00 bits per heavy atom. The van der Waals surface area contributed by atoms with Crippen molar-refractivity contribution in [2.75, 3.05) is 0 Å². The number of hydrogen-bond acceptors (Lipinski definition) is 0. The normalized spacial score (nSPS) is 16.1. The highest BCUT2D eigenvalue weighted by Gasteiger charge is 2.10. The maximum Gasteiger partial charge on any atom is -0.0130 e. The van der Waals surface area contributed by atoms with E-state index < -0.39 is 0 Å². The molecule has 0 aromatic carbocycles. The summed E-state index contributed by atoms with van der Waals surface area (Å²) in [5.74, 6) is 1.67. The lowest BCUT2D eigenvalue weighted by molar-refractivity contribution is 0.570. The minimum atomic E-state index is 0.831. The van der Waals surface area contributed by atoms with Gasteiger partial charge in [-0.05, 0) is 49.5 Å². The highest BCUT2D eigenvalue weighted by atomic mass is 14.2. The first kappa shape index (κ1) is 12.5. The molecule has 0 saturated heterocycles. The first-order valence-electron chi connectivity index (χ1n) is 6.47. The summed E-state index contributed by atoms with van der Waals surface area (Å²) in [6, 6.07) is 0. The third-order valence-corrected chi connectivity index (χ3v) is 3.15. The number of hydrogen-bond donors (Lipinski definition) is 0. The summed E-state index contributed by atoms with van der Waals surface area (Å²) in [6.45, 7) is 9.26. The molecule has 0 saturated carbocycles. The molecule has 1 aliphatic rings. The maximum atomic E-state index is 2.36. The zero-order valence-electron chi connectivity index (χ0n) is 10.8. The third-order valence-electron chi connectivity index (χ3n) is 3.15. The van der Waals surface area contributed by atoms with Gasteiger partial charge in [0.25, 0.3) is 0 Å². The van der Waals surface area contributed by atoms with Gasteiger partial charge in [-0.15, -0.1) is 0 Å². The van der Waals surface area contributed by atoms with Crippen molar-refractivity contribution in [1.82, 2.24) is 0 Å². The topological polar surface area (TPSA) is 0 Å². The van der Waals surface area contributed by atoms with Crippen molar-refractivity contribution in [3.05, 3.63) is 23.3 Å². The van der Waals surface area contributed by atoms with Crippen LogP contribution in [0.3, 0.4) is 0 Å². The summed E-state index contributed by atoms with van der Waals surface area (Å²) in [4.78, 5) is 0. The van der Waals surface area contributed by atoms with E-state index in [0.29, 0.717) is 0 Å². The van der Waals surface area contributed by atoms with Crippen LogP contribution in [0.1, 0.15) is 59.8 Å². The van der Waals surface area contributed by atoms with Crippen LogP contribution in [0.5, 0.6) is 0 Å². The second-order valence-electron chi connectivity index (χ2n) is 5.60. The third kappa shape index (κ3) is 4.68. The summed E-state index contributed by atoms with van der Waals surface area (Å²) < 4.78 is 0.